The molecule has 1 fully saturated rings. The number of nitrogens with zero attached hydrogens (tertiary/aromatic N) is 1. The van der Waals surface area contributed by atoms with Gasteiger partial charge in [-0.1, -0.05) is 6.08 Å². The Morgan fingerprint density at radius 3 is 2.72 bits per heavy atom. The number of ether oxygens (including phenoxy) is 1. The maximum Gasteiger partial charge on any atom is 0.222 e. The van der Waals surface area contributed by atoms with Gasteiger partial charge in [0, 0.05) is 6.54 Å². The van der Waals surface area contributed by atoms with Gasteiger partial charge >= 0.3 is 0 Å². The van der Waals surface area contributed by atoms with Crippen molar-refractivity contribution >= 4 is 5.91 Å². The monoisotopic (exact) mass is 258 g/mol. The van der Waals surface area contributed by atoms with Crippen LogP contribution >= 0.6 is 0 Å². The third kappa shape index (κ3) is 2.35. The van der Waals surface area contributed by atoms with Crippen LogP contribution in [-0.2, 0) is 9.53 Å². The molecule has 0 spiro atoms. The SMILES string of the molecule is NC(=O)C1CC=CN([C@@H]2O[C@H](CO)[C@@H](O)[C@H]2O)C1. The second-order valence-electron chi connectivity index (χ2n) is 4.65. The lowest BCUT2D eigenvalue weighted by Gasteiger charge is -2.33. The fourth-order valence-electron chi connectivity index (χ4n) is 2.30. The molecule has 2 rings (SSSR count). The highest BCUT2D eigenvalue weighted by atomic mass is 16.6. The zero-order valence-corrected chi connectivity index (χ0v) is 9.85. The predicted molar refractivity (Wildman–Crippen MR) is 60.9 cm³/mol. The summed E-state index contributed by atoms with van der Waals surface area (Å²) < 4.78 is 5.38. The van der Waals surface area contributed by atoms with Crippen LogP contribution in [-0.4, -0.2) is 63.8 Å². The summed E-state index contributed by atoms with van der Waals surface area (Å²) in [5.74, 6) is -0.743. The molecule has 0 aromatic rings. The molecule has 0 aromatic carbocycles. The van der Waals surface area contributed by atoms with Crippen molar-refractivity contribution in [3.05, 3.63) is 12.3 Å². The Bertz CT molecular complexity index is 348. The lowest BCUT2D eigenvalue weighted by molar-refractivity contribution is -0.125. The van der Waals surface area contributed by atoms with Gasteiger partial charge in [-0.15, -0.1) is 0 Å². The Kier molecular flexibility index (Phi) is 3.86. The standard InChI is InChI=1S/C11H18N2O5/c12-10(17)6-2-1-3-13(4-6)11-9(16)8(15)7(5-14)18-11/h1,3,6-9,11,14-16H,2,4-5H2,(H2,12,17)/t6?,7-,8-,9-,11-/m1/s1. The quantitative estimate of drug-likeness (QED) is 0.454. The van der Waals surface area contributed by atoms with Crippen LogP contribution in [0, 0.1) is 5.92 Å². The van der Waals surface area contributed by atoms with Gasteiger partial charge in [-0.05, 0) is 12.6 Å². The van der Waals surface area contributed by atoms with Gasteiger partial charge < -0.3 is 30.7 Å². The first kappa shape index (κ1) is 13.3. The molecule has 5 N–H and O–H groups in total. The normalized spacial score (nSPS) is 40.2. The topological polar surface area (TPSA) is 116 Å². The minimum absolute atomic E-state index is 0.332. The van der Waals surface area contributed by atoms with Crippen molar-refractivity contribution in [2.24, 2.45) is 11.7 Å². The summed E-state index contributed by atoms with van der Waals surface area (Å²) >= 11 is 0. The lowest BCUT2D eigenvalue weighted by atomic mass is 10.0. The highest BCUT2D eigenvalue weighted by molar-refractivity contribution is 5.77. The number of aliphatic hydroxyl groups is 3. The number of hydrogen-bond donors (Lipinski definition) is 4. The zero-order valence-electron chi connectivity index (χ0n) is 9.85. The molecule has 0 aliphatic carbocycles. The maximum atomic E-state index is 11.2. The fraction of sp³-hybridized carbons (Fsp3) is 0.727. The molecular formula is C11H18N2O5. The van der Waals surface area contributed by atoms with Gasteiger partial charge in [0.25, 0.3) is 0 Å². The van der Waals surface area contributed by atoms with Crippen LogP contribution in [0.1, 0.15) is 6.42 Å². The zero-order chi connectivity index (χ0) is 13.3. The molecule has 1 saturated heterocycles. The van der Waals surface area contributed by atoms with E-state index in [2.05, 4.69) is 0 Å². The van der Waals surface area contributed by atoms with E-state index >= 15 is 0 Å². The average molecular weight is 258 g/mol. The van der Waals surface area contributed by atoms with E-state index in [0.29, 0.717) is 13.0 Å². The molecule has 2 heterocycles. The molecule has 2 aliphatic heterocycles. The molecule has 0 radical (unpaired) electrons. The molecule has 0 bridgehead atoms. The predicted octanol–water partition coefficient (Wildman–Crippen LogP) is -2.25. The second kappa shape index (κ2) is 5.23. The van der Waals surface area contributed by atoms with E-state index in [1.807, 2.05) is 0 Å². The molecule has 1 amide bonds. The van der Waals surface area contributed by atoms with Crippen LogP contribution in [0.15, 0.2) is 12.3 Å². The van der Waals surface area contributed by atoms with E-state index in [1.165, 1.54) is 0 Å². The summed E-state index contributed by atoms with van der Waals surface area (Å²) in [5.41, 5.74) is 5.25. The van der Waals surface area contributed by atoms with Gasteiger partial charge in [-0.2, -0.15) is 0 Å². The van der Waals surface area contributed by atoms with Gasteiger partial charge in [0.05, 0.1) is 12.5 Å². The van der Waals surface area contributed by atoms with E-state index in [9.17, 15) is 15.0 Å². The number of carbonyl (C=O) groups excluding carboxylic acids is 1. The van der Waals surface area contributed by atoms with Crippen LogP contribution in [0.3, 0.4) is 0 Å². The van der Waals surface area contributed by atoms with Crippen molar-refractivity contribution in [1.29, 1.82) is 0 Å². The molecule has 5 atom stereocenters. The molecule has 7 nitrogen and oxygen atoms in total. The van der Waals surface area contributed by atoms with Crippen molar-refractivity contribution < 1.29 is 24.9 Å². The first-order valence-electron chi connectivity index (χ1n) is 5.88. The number of hydrogen-bond acceptors (Lipinski definition) is 6. The average Bonchev–Trinajstić information content (AvgIpc) is 2.66. The van der Waals surface area contributed by atoms with Crippen molar-refractivity contribution in [3.8, 4) is 0 Å². The van der Waals surface area contributed by atoms with Gasteiger partial charge in [0.15, 0.2) is 6.23 Å². The number of primary amides is 1. The molecule has 1 unspecified atom stereocenters. The molecule has 102 valence electrons. The molecule has 7 heteroatoms. The van der Waals surface area contributed by atoms with Crippen LogP contribution in [0.5, 0.6) is 0 Å². The van der Waals surface area contributed by atoms with Crippen LogP contribution in [0.25, 0.3) is 0 Å². The number of aliphatic hydroxyl groups excluding tert-OH is 3. The van der Waals surface area contributed by atoms with Crippen molar-refractivity contribution in [2.75, 3.05) is 13.2 Å². The van der Waals surface area contributed by atoms with E-state index in [0.717, 1.165) is 0 Å². The van der Waals surface area contributed by atoms with Crippen LogP contribution < -0.4 is 5.73 Å². The Hall–Kier alpha value is -1.15. The summed E-state index contributed by atoms with van der Waals surface area (Å²) in [6.45, 7) is -0.0377. The third-order valence-electron chi connectivity index (χ3n) is 3.40. The van der Waals surface area contributed by atoms with Crippen molar-refractivity contribution in [2.45, 2.75) is 31.0 Å². The molecule has 0 saturated carbocycles. The Labute approximate surface area is 104 Å². The molecule has 2 aliphatic rings. The second-order valence-corrected chi connectivity index (χ2v) is 4.65. The van der Waals surface area contributed by atoms with E-state index in [1.54, 1.807) is 17.2 Å². The Morgan fingerprint density at radius 2 is 2.17 bits per heavy atom. The summed E-state index contributed by atoms with van der Waals surface area (Å²) in [6.07, 6.45) is 0.192. The largest absolute Gasteiger partial charge is 0.394 e. The Morgan fingerprint density at radius 1 is 1.44 bits per heavy atom. The summed E-state index contributed by atoms with van der Waals surface area (Å²) in [7, 11) is 0. The summed E-state index contributed by atoms with van der Waals surface area (Å²) in [5, 5.41) is 28.5. The number of carbonyl (C=O) groups is 1. The van der Waals surface area contributed by atoms with Crippen molar-refractivity contribution in [3.63, 3.8) is 0 Å². The van der Waals surface area contributed by atoms with Gasteiger partial charge in [0.1, 0.15) is 18.3 Å². The number of allylic oxidation sites excluding steroid dienone is 1. The van der Waals surface area contributed by atoms with Gasteiger partial charge in [-0.25, -0.2) is 0 Å². The molecule has 18 heavy (non-hydrogen) atoms. The van der Waals surface area contributed by atoms with E-state index in [-0.39, 0.29) is 12.5 Å². The lowest BCUT2D eigenvalue weighted by Crippen LogP contribution is -2.46. The van der Waals surface area contributed by atoms with Gasteiger partial charge in [-0.3, -0.25) is 4.79 Å². The molecule has 0 aromatic heterocycles. The van der Waals surface area contributed by atoms with Crippen LogP contribution in [0.4, 0.5) is 0 Å². The number of nitrogens with two attached hydrogens (primary N) is 1. The third-order valence-corrected chi connectivity index (χ3v) is 3.40. The summed E-state index contributed by atoms with van der Waals surface area (Å²) in [6, 6.07) is 0. The van der Waals surface area contributed by atoms with Gasteiger partial charge in [0.2, 0.25) is 5.91 Å². The molecular weight excluding hydrogens is 240 g/mol. The maximum absolute atomic E-state index is 11.2. The highest BCUT2D eigenvalue weighted by Crippen LogP contribution is 2.27. The first-order chi connectivity index (χ1) is 8.54. The minimum Gasteiger partial charge on any atom is -0.394 e. The summed E-state index contributed by atoms with van der Waals surface area (Å²) in [4.78, 5) is 12.8. The number of rotatable bonds is 3. The highest BCUT2D eigenvalue weighted by Gasteiger charge is 2.45. The Balaban J connectivity index is 2.06. The minimum atomic E-state index is -1.14. The van der Waals surface area contributed by atoms with Crippen LogP contribution in [0.2, 0.25) is 0 Å². The van der Waals surface area contributed by atoms with Crippen molar-refractivity contribution in [1.82, 2.24) is 4.90 Å². The first-order valence-corrected chi connectivity index (χ1v) is 5.88. The number of amides is 1. The smallest absolute Gasteiger partial charge is 0.222 e. The van der Waals surface area contributed by atoms with E-state index < -0.39 is 30.4 Å². The fourth-order valence-corrected chi connectivity index (χ4v) is 2.30. The van der Waals surface area contributed by atoms with E-state index in [4.69, 9.17) is 15.6 Å².